The van der Waals surface area contributed by atoms with Crippen molar-refractivity contribution in [2.24, 2.45) is 0 Å². The number of hydrogen-bond donors (Lipinski definition) is 0. The molecule has 0 saturated carbocycles. The molecule has 0 radical (unpaired) electrons. The fraction of sp³-hybridized carbons (Fsp3) is 0.0250. The minimum absolute atomic E-state index is 0.410. The second kappa shape index (κ2) is 24.8. The highest BCUT2D eigenvalue weighted by Gasteiger charge is 2.16. The predicted molar refractivity (Wildman–Crippen MR) is 350 cm³/mol. The summed E-state index contributed by atoms with van der Waals surface area (Å²) in [7, 11) is 0. The molecule has 0 atom stereocenters. The van der Waals surface area contributed by atoms with Crippen LogP contribution in [0.1, 0.15) is 13.9 Å². The highest BCUT2D eigenvalue weighted by atomic mass is 16.5. The highest BCUT2D eigenvalue weighted by Crippen LogP contribution is 2.40. The minimum atomic E-state index is 0.410. The molecule has 0 amide bonds. The molecule has 4 heteroatoms. The van der Waals surface area contributed by atoms with Gasteiger partial charge in [0.1, 0.15) is 24.7 Å². The summed E-state index contributed by atoms with van der Waals surface area (Å²) < 4.78 is 29.6. The van der Waals surface area contributed by atoms with Gasteiger partial charge in [0.2, 0.25) is 0 Å². The highest BCUT2D eigenvalue weighted by molar-refractivity contribution is 5.83. The van der Waals surface area contributed by atoms with Crippen LogP contribution in [0, 0.1) is 0 Å². The predicted octanol–water partition coefficient (Wildman–Crippen LogP) is 21.8. The van der Waals surface area contributed by atoms with Crippen LogP contribution in [0.2, 0.25) is 0 Å². The number of anilines is 6. The van der Waals surface area contributed by atoms with Crippen LogP contribution in [0.3, 0.4) is 0 Å². The van der Waals surface area contributed by atoms with Gasteiger partial charge in [-0.2, -0.15) is 0 Å². The number of hydrogen-bond acceptors (Lipinski definition) is 4. The van der Waals surface area contributed by atoms with Crippen LogP contribution in [-0.4, -0.2) is 0 Å². The van der Waals surface area contributed by atoms with Crippen LogP contribution in [-0.2, 0) is 13.2 Å². The Hall–Kier alpha value is -10.9. The van der Waals surface area contributed by atoms with E-state index in [1.807, 2.05) is 72.8 Å². The lowest BCUT2D eigenvalue weighted by Gasteiger charge is -2.26. The Morgan fingerprint density at radius 1 is 0.214 bits per heavy atom. The molecule has 0 saturated heterocycles. The van der Waals surface area contributed by atoms with Crippen molar-refractivity contribution in [1.82, 2.24) is 0 Å². The first-order valence-corrected chi connectivity index (χ1v) is 28.4. The molecule has 402 valence electrons. The smallest absolute Gasteiger partial charge is 0.119 e. The van der Waals surface area contributed by atoms with E-state index in [4.69, 9.17) is 12.2 Å². The quantitative estimate of drug-likeness (QED) is 0.0855. The molecule has 0 aliphatic heterocycles. The van der Waals surface area contributed by atoms with Gasteiger partial charge in [0, 0.05) is 34.1 Å². The monoisotopic (exact) mass is 1080 g/mol. The second-order valence-corrected chi connectivity index (χ2v) is 20.7. The second-order valence-electron chi connectivity index (χ2n) is 20.7. The average Bonchev–Trinajstić information content (AvgIpc) is 2.25. The van der Waals surface area contributed by atoms with E-state index in [1.54, 1.807) is 12.1 Å². The molecule has 13 aromatic carbocycles. The molecular weight excluding hydrogens is 1020 g/mol. The van der Waals surface area contributed by atoms with Crippen LogP contribution in [0.4, 0.5) is 34.1 Å². The van der Waals surface area contributed by atoms with Crippen molar-refractivity contribution in [2.75, 3.05) is 9.80 Å². The molecular formula is C80H60N2O2. The van der Waals surface area contributed by atoms with Crippen LogP contribution in [0.25, 0.3) is 66.8 Å². The molecule has 4 nitrogen and oxygen atoms in total. The van der Waals surface area contributed by atoms with Gasteiger partial charge in [-0.25, -0.2) is 0 Å². The molecule has 13 aromatic rings. The van der Waals surface area contributed by atoms with Crippen LogP contribution >= 0.6 is 0 Å². The van der Waals surface area contributed by atoms with Gasteiger partial charge in [0.15, 0.2) is 0 Å². The van der Waals surface area contributed by atoms with Crippen molar-refractivity contribution in [3.8, 4) is 78.3 Å². The molecule has 0 bridgehead atoms. The third-order valence-electron chi connectivity index (χ3n) is 15.2. The maximum absolute atomic E-state index is 8.47. The molecule has 0 aromatic heterocycles. The Morgan fingerprint density at radius 3 is 0.774 bits per heavy atom. The Kier molecular flexibility index (Phi) is 14.8. The van der Waals surface area contributed by atoms with Crippen molar-refractivity contribution >= 4 is 34.1 Å². The normalized spacial score (nSPS) is 11.3. The summed E-state index contributed by atoms with van der Waals surface area (Å²) in [5, 5.41) is 0. The number of benzene rings is 13. The summed E-state index contributed by atoms with van der Waals surface area (Å²) >= 11 is 0. The van der Waals surface area contributed by atoms with Crippen molar-refractivity contribution in [2.45, 2.75) is 13.2 Å². The van der Waals surface area contributed by atoms with Gasteiger partial charge in [-0.05, 0) is 199 Å². The topological polar surface area (TPSA) is 24.9 Å². The van der Waals surface area contributed by atoms with Gasteiger partial charge < -0.3 is 19.3 Å². The fourth-order valence-corrected chi connectivity index (χ4v) is 10.8. The SMILES string of the molecule is [3H]c1cccc(N(c2ccc(OCc3ccc(COc4ccc(N(c5ccc(-c6cccc(-c7cccc(-c8ccccc8)c7)c6)cc5)c5cccc([3H])c5)cc4)cc3)cc2)c2ccc(-c3cccc(-c4cccc(-c5ccccc5)c4)c3)cc2)c1. The summed E-state index contributed by atoms with van der Waals surface area (Å²) in [5.74, 6) is 1.52. The maximum Gasteiger partial charge on any atom is 0.119 e. The molecule has 0 aliphatic rings. The first-order valence-electron chi connectivity index (χ1n) is 29.4. The van der Waals surface area contributed by atoms with Crippen molar-refractivity contribution < 1.29 is 12.2 Å². The molecule has 0 aliphatic carbocycles. The van der Waals surface area contributed by atoms with E-state index in [2.05, 4.69) is 252 Å². The van der Waals surface area contributed by atoms with E-state index in [0.717, 1.165) is 79.0 Å². The first-order chi connectivity index (χ1) is 42.4. The van der Waals surface area contributed by atoms with Crippen molar-refractivity contribution in [3.63, 3.8) is 0 Å². The standard InChI is InChI=1S/C80H60N2O2/c1-5-17-61(18-6-1)65-21-13-25-69(53-65)71-27-15-23-67(55-71)63-37-41-75(42-38-63)81(73-29-9-3-10-30-73)77-45-49-79(50-46-77)83-57-59-33-35-60(36-34-59)58-84-80-51-47-78(48-52-80)82(74-31-11-4-12-32-74)76-43-39-64(40-44-76)68-24-16-28-72(56-68)70-26-14-22-66(54-70)62-19-7-2-8-20-62/h1-56H,57-58H2/i9T,11T. The van der Waals surface area contributed by atoms with Crippen LogP contribution < -0.4 is 19.3 Å². The van der Waals surface area contributed by atoms with Crippen LogP contribution in [0.15, 0.2) is 340 Å². The van der Waals surface area contributed by atoms with Gasteiger partial charge in [0.25, 0.3) is 0 Å². The maximum atomic E-state index is 8.47. The summed E-state index contributed by atoms with van der Waals surface area (Å²) in [6.45, 7) is 0.821. The van der Waals surface area contributed by atoms with Crippen molar-refractivity contribution in [1.29, 1.82) is 0 Å². The van der Waals surface area contributed by atoms with Gasteiger partial charge in [-0.3, -0.25) is 0 Å². The summed E-state index contributed by atoms with van der Waals surface area (Å²) in [6, 6.07) is 114. The molecule has 0 spiro atoms. The Balaban J connectivity index is 0.643. The number of nitrogens with zero attached hydrogens (tertiary/aromatic N) is 2. The summed E-state index contributed by atoms with van der Waals surface area (Å²) in [5.41, 5.74) is 21.8. The van der Waals surface area contributed by atoms with Gasteiger partial charge >= 0.3 is 0 Å². The molecule has 0 unspecified atom stereocenters. The Bertz CT molecular complexity index is 4120. The molecule has 0 heterocycles. The van der Waals surface area contributed by atoms with Gasteiger partial charge in [0.05, 0.1) is 2.74 Å². The zero-order chi connectivity index (χ0) is 58.0. The van der Waals surface area contributed by atoms with Crippen molar-refractivity contribution in [3.05, 3.63) is 351 Å². The fourth-order valence-electron chi connectivity index (χ4n) is 10.8. The largest absolute Gasteiger partial charge is 0.489 e. The van der Waals surface area contributed by atoms with Gasteiger partial charge in [-0.15, -0.1) is 0 Å². The lowest BCUT2D eigenvalue weighted by Crippen LogP contribution is -2.09. The van der Waals surface area contributed by atoms with E-state index >= 15 is 0 Å². The minimum Gasteiger partial charge on any atom is -0.489 e. The van der Waals surface area contributed by atoms with Gasteiger partial charge in [-0.1, -0.05) is 218 Å². The number of rotatable bonds is 18. The van der Waals surface area contributed by atoms with E-state index in [1.165, 1.54) is 44.5 Å². The first kappa shape index (κ1) is 50.1. The zero-order valence-electron chi connectivity index (χ0n) is 48.3. The lowest BCUT2D eigenvalue weighted by atomic mass is 9.96. The third kappa shape index (κ3) is 12.2. The van der Waals surface area contributed by atoms with E-state index in [-0.39, 0.29) is 0 Å². The number of ether oxygens (including phenoxy) is 2. The van der Waals surface area contributed by atoms with E-state index in [0.29, 0.717) is 25.3 Å². The van der Waals surface area contributed by atoms with E-state index < -0.39 is 0 Å². The van der Waals surface area contributed by atoms with Crippen LogP contribution in [0.5, 0.6) is 11.5 Å². The lowest BCUT2D eigenvalue weighted by molar-refractivity contribution is 0.302. The number of para-hydroxylation sites is 2. The summed E-state index contributed by atoms with van der Waals surface area (Å²) in [6.07, 6.45) is 0. The average molecular weight is 1090 g/mol. The molecule has 84 heavy (non-hydrogen) atoms. The zero-order valence-corrected chi connectivity index (χ0v) is 46.3. The Labute approximate surface area is 495 Å². The Morgan fingerprint density at radius 2 is 0.464 bits per heavy atom. The molecule has 13 rings (SSSR count). The van der Waals surface area contributed by atoms with E-state index in [9.17, 15) is 0 Å². The molecule has 0 N–H and O–H groups in total. The summed E-state index contributed by atoms with van der Waals surface area (Å²) in [4.78, 5) is 4.35. The molecule has 0 fully saturated rings. The third-order valence-corrected chi connectivity index (χ3v) is 15.2.